The Hall–Kier alpha value is -1.65. The molecule has 1 heterocycles. The maximum Gasteiger partial charge on any atom is 0.312 e. The largest absolute Gasteiger partial charge is 0.461 e. The molecule has 0 radical (unpaired) electrons. The minimum atomic E-state index is -0.309. The third-order valence-corrected chi connectivity index (χ3v) is 3.60. The number of thiazole rings is 1. The number of esters is 1. The summed E-state index contributed by atoms with van der Waals surface area (Å²) in [4.78, 5) is 15.8. The standard InChI is InChI=1S/C14H12ClNO2S/c1-2-7-18-13(17)8-10-9-19-14(16-10)11-5-3-4-6-12(11)15/h2-6,9H,1,7-8H2. The number of hydrogen-bond acceptors (Lipinski definition) is 4. The molecule has 0 aliphatic rings. The lowest BCUT2D eigenvalue weighted by atomic mass is 10.2. The Morgan fingerprint density at radius 1 is 1.47 bits per heavy atom. The zero-order valence-electron chi connectivity index (χ0n) is 10.1. The highest BCUT2D eigenvalue weighted by molar-refractivity contribution is 7.13. The fourth-order valence-electron chi connectivity index (χ4n) is 1.50. The Morgan fingerprint density at radius 3 is 3.00 bits per heavy atom. The summed E-state index contributed by atoms with van der Waals surface area (Å²) in [6.07, 6.45) is 1.70. The molecule has 0 atom stereocenters. The van der Waals surface area contributed by atoms with E-state index < -0.39 is 0 Å². The number of halogens is 1. The number of carbonyl (C=O) groups excluding carboxylic acids is 1. The summed E-state index contributed by atoms with van der Waals surface area (Å²) in [7, 11) is 0. The first-order valence-electron chi connectivity index (χ1n) is 5.66. The lowest BCUT2D eigenvalue weighted by Crippen LogP contribution is -2.08. The lowest BCUT2D eigenvalue weighted by Gasteiger charge is -2.00. The van der Waals surface area contributed by atoms with Gasteiger partial charge >= 0.3 is 5.97 Å². The molecule has 5 heteroatoms. The van der Waals surface area contributed by atoms with Crippen LogP contribution in [0.3, 0.4) is 0 Å². The number of carbonyl (C=O) groups is 1. The van der Waals surface area contributed by atoms with Crippen molar-refractivity contribution in [3.8, 4) is 10.6 Å². The van der Waals surface area contributed by atoms with E-state index in [2.05, 4.69) is 11.6 Å². The van der Waals surface area contributed by atoms with Crippen molar-refractivity contribution in [1.29, 1.82) is 0 Å². The predicted molar refractivity (Wildman–Crippen MR) is 77.4 cm³/mol. The van der Waals surface area contributed by atoms with Crippen LogP contribution in [-0.4, -0.2) is 17.6 Å². The zero-order chi connectivity index (χ0) is 13.7. The fourth-order valence-corrected chi connectivity index (χ4v) is 2.64. The molecular weight excluding hydrogens is 282 g/mol. The second-order valence-electron chi connectivity index (χ2n) is 3.77. The molecule has 1 aromatic heterocycles. The average Bonchev–Trinajstić information content (AvgIpc) is 2.85. The van der Waals surface area contributed by atoms with Crippen molar-refractivity contribution in [2.75, 3.05) is 6.61 Å². The van der Waals surface area contributed by atoms with Gasteiger partial charge in [0.2, 0.25) is 0 Å². The summed E-state index contributed by atoms with van der Waals surface area (Å²) in [5, 5.41) is 3.29. The number of rotatable bonds is 5. The summed E-state index contributed by atoms with van der Waals surface area (Å²) in [5.41, 5.74) is 1.56. The second-order valence-corrected chi connectivity index (χ2v) is 5.04. The Morgan fingerprint density at radius 2 is 2.26 bits per heavy atom. The molecule has 0 saturated heterocycles. The molecular formula is C14H12ClNO2S. The van der Waals surface area contributed by atoms with Crippen LogP contribution < -0.4 is 0 Å². The molecule has 0 bridgehead atoms. The number of aromatic nitrogens is 1. The Kier molecular flexibility index (Phi) is 4.71. The van der Waals surface area contributed by atoms with E-state index in [1.54, 1.807) is 0 Å². The van der Waals surface area contributed by atoms with E-state index in [1.807, 2.05) is 29.6 Å². The molecule has 2 rings (SSSR count). The Labute approximate surface area is 120 Å². The highest BCUT2D eigenvalue weighted by Gasteiger charge is 2.11. The van der Waals surface area contributed by atoms with Crippen molar-refractivity contribution in [1.82, 2.24) is 4.98 Å². The van der Waals surface area contributed by atoms with Gasteiger partial charge in [0.25, 0.3) is 0 Å². The number of nitrogens with zero attached hydrogens (tertiary/aromatic N) is 1. The average molecular weight is 294 g/mol. The van der Waals surface area contributed by atoms with Crippen LogP contribution in [0.2, 0.25) is 5.02 Å². The maximum absolute atomic E-state index is 11.5. The van der Waals surface area contributed by atoms with Gasteiger partial charge in [-0.05, 0) is 6.07 Å². The van der Waals surface area contributed by atoms with Gasteiger partial charge in [0.1, 0.15) is 11.6 Å². The van der Waals surface area contributed by atoms with Crippen molar-refractivity contribution < 1.29 is 9.53 Å². The first kappa shape index (κ1) is 13.8. The van der Waals surface area contributed by atoms with Gasteiger partial charge in [0, 0.05) is 10.9 Å². The highest BCUT2D eigenvalue weighted by atomic mass is 35.5. The first-order valence-corrected chi connectivity index (χ1v) is 6.92. The van der Waals surface area contributed by atoms with Crippen LogP contribution in [0.4, 0.5) is 0 Å². The molecule has 0 saturated carbocycles. The molecule has 3 nitrogen and oxygen atoms in total. The molecule has 19 heavy (non-hydrogen) atoms. The van der Waals surface area contributed by atoms with Crippen molar-refractivity contribution in [2.45, 2.75) is 6.42 Å². The van der Waals surface area contributed by atoms with E-state index in [0.29, 0.717) is 10.7 Å². The van der Waals surface area contributed by atoms with E-state index in [9.17, 15) is 4.79 Å². The minimum Gasteiger partial charge on any atom is -0.461 e. The van der Waals surface area contributed by atoms with Crippen molar-refractivity contribution in [3.63, 3.8) is 0 Å². The number of ether oxygens (including phenoxy) is 1. The van der Waals surface area contributed by atoms with E-state index in [1.165, 1.54) is 17.4 Å². The SMILES string of the molecule is C=CCOC(=O)Cc1csc(-c2ccccc2Cl)n1. The fraction of sp³-hybridized carbons (Fsp3) is 0.143. The summed E-state index contributed by atoms with van der Waals surface area (Å²) in [5.74, 6) is -0.309. The number of hydrogen-bond donors (Lipinski definition) is 0. The smallest absolute Gasteiger partial charge is 0.312 e. The molecule has 98 valence electrons. The second kappa shape index (κ2) is 6.50. The molecule has 0 spiro atoms. The van der Waals surface area contributed by atoms with Gasteiger partial charge in [0.15, 0.2) is 0 Å². The van der Waals surface area contributed by atoms with Crippen LogP contribution in [0, 0.1) is 0 Å². The van der Waals surface area contributed by atoms with Gasteiger partial charge in [-0.1, -0.05) is 42.5 Å². The lowest BCUT2D eigenvalue weighted by molar-refractivity contribution is -0.141. The summed E-state index contributed by atoms with van der Waals surface area (Å²) in [6, 6.07) is 7.49. The monoisotopic (exact) mass is 293 g/mol. The van der Waals surface area contributed by atoms with Crippen LogP contribution in [0.25, 0.3) is 10.6 Å². The van der Waals surface area contributed by atoms with Crippen LogP contribution in [0.5, 0.6) is 0 Å². The van der Waals surface area contributed by atoms with E-state index in [-0.39, 0.29) is 19.0 Å². The van der Waals surface area contributed by atoms with Gasteiger partial charge in [-0.25, -0.2) is 4.98 Å². The maximum atomic E-state index is 11.5. The predicted octanol–water partition coefficient (Wildman–Crippen LogP) is 3.74. The van der Waals surface area contributed by atoms with Crippen LogP contribution in [0.1, 0.15) is 5.69 Å². The quantitative estimate of drug-likeness (QED) is 0.623. The van der Waals surface area contributed by atoms with Gasteiger partial charge in [-0.15, -0.1) is 11.3 Å². The van der Waals surface area contributed by atoms with Crippen LogP contribution >= 0.6 is 22.9 Å². The molecule has 0 aliphatic heterocycles. The van der Waals surface area contributed by atoms with Gasteiger partial charge in [-0.2, -0.15) is 0 Å². The molecule has 0 N–H and O–H groups in total. The molecule has 0 unspecified atom stereocenters. The van der Waals surface area contributed by atoms with Crippen molar-refractivity contribution in [3.05, 3.63) is 53.0 Å². The highest BCUT2D eigenvalue weighted by Crippen LogP contribution is 2.30. The Balaban J connectivity index is 2.09. The first-order chi connectivity index (χ1) is 9.20. The zero-order valence-corrected chi connectivity index (χ0v) is 11.7. The minimum absolute atomic E-state index is 0.162. The van der Waals surface area contributed by atoms with Crippen molar-refractivity contribution in [2.24, 2.45) is 0 Å². The molecule has 1 aromatic carbocycles. The van der Waals surface area contributed by atoms with E-state index in [4.69, 9.17) is 16.3 Å². The summed E-state index contributed by atoms with van der Waals surface area (Å²) < 4.78 is 4.92. The van der Waals surface area contributed by atoms with Gasteiger partial charge < -0.3 is 4.74 Å². The topological polar surface area (TPSA) is 39.2 Å². The Bertz CT molecular complexity index is 595. The van der Waals surface area contributed by atoms with E-state index in [0.717, 1.165) is 10.6 Å². The number of benzene rings is 1. The third kappa shape index (κ3) is 3.66. The molecule has 0 amide bonds. The summed E-state index contributed by atoms with van der Waals surface area (Å²) >= 11 is 7.57. The summed E-state index contributed by atoms with van der Waals surface area (Å²) in [6.45, 7) is 3.71. The normalized spacial score (nSPS) is 10.2. The van der Waals surface area contributed by atoms with Crippen LogP contribution in [0.15, 0.2) is 42.3 Å². The van der Waals surface area contributed by atoms with Crippen LogP contribution in [-0.2, 0) is 16.0 Å². The molecule has 0 aliphatic carbocycles. The van der Waals surface area contributed by atoms with Gasteiger partial charge in [0.05, 0.1) is 17.1 Å². The van der Waals surface area contributed by atoms with E-state index >= 15 is 0 Å². The third-order valence-electron chi connectivity index (χ3n) is 2.34. The van der Waals surface area contributed by atoms with Crippen molar-refractivity contribution >= 4 is 28.9 Å². The molecule has 0 fully saturated rings. The molecule has 2 aromatic rings. The van der Waals surface area contributed by atoms with Gasteiger partial charge in [-0.3, -0.25) is 4.79 Å².